The van der Waals surface area contributed by atoms with Gasteiger partial charge in [-0.2, -0.15) is 0 Å². The van der Waals surface area contributed by atoms with Crippen molar-refractivity contribution in [2.75, 3.05) is 0 Å². The van der Waals surface area contributed by atoms with Crippen LogP contribution in [-0.4, -0.2) is 16.1 Å². The average molecular weight is 589 g/mol. The predicted octanol–water partition coefficient (Wildman–Crippen LogP) is 9.60. The number of benzene rings is 5. The molecule has 0 spiro atoms. The molecule has 1 atom stereocenters. The second kappa shape index (κ2) is 10.5. The first-order valence-corrected chi connectivity index (χ1v) is 14.4. The molecule has 0 saturated heterocycles. The van der Waals surface area contributed by atoms with E-state index in [1.165, 1.54) is 37.1 Å². The zero-order valence-electron chi connectivity index (χ0n) is 22.6. The van der Waals surface area contributed by atoms with Gasteiger partial charge >= 0.3 is 5.97 Å². The molecule has 3 nitrogen and oxygen atoms in total. The summed E-state index contributed by atoms with van der Waals surface area (Å²) in [5.41, 5.74) is 5.82. The normalized spacial score (nSPS) is 15.8. The van der Waals surface area contributed by atoms with E-state index in [-0.39, 0.29) is 5.41 Å². The molecular weight excluding hydrogens is 558 g/mol. The first-order valence-electron chi connectivity index (χ1n) is 13.6. The van der Waals surface area contributed by atoms with Gasteiger partial charge < -0.3 is 5.11 Å². The van der Waals surface area contributed by atoms with Crippen LogP contribution in [-0.2, 0) is 12.8 Å². The van der Waals surface area contributed by atoms with Crippen LogP contribution in [0.25, 0.3) is 32.4 Å². The summed E-state index contributed by atoms with van der Waals surface area (Å²) in [6, 6.07) is 35.3. The van der Waals surface area contributed by atoms with E-state index in [0.29, 0.717) is 11.5 Å². The van der Waals surface area contributed by atoms with Crippen LogP contribution in [0.5, 0.6) is 0 Å². The van der Waals surface area contributed by atoms with E-state index in [9.17, 15) is 4.79 Å². The average Bonchev–Trinajstić information content (AvgIpc) is 2.96. The molecule has 0 fully saturated rings. The van der Waals surface area contributed by atoms with E-state index < -0.39 is 5.97 Å². The molecule has 4 heteroatoms. The van der Waals surface area contributed by atoms with E-state index in [0.717, 1.165) is 23.7 Å². The first-order chi connectivity index (χ1) is 19.3. The lowest BCUT2D eigenvalue weighted by Gasteiger charge is -2.41. The smallest absolute Gasteiger partial charge is 0.335 e. The molecule has 1 heterocycles. The maximum Gasteiger partial charge on any atom is 0.335 e. The van der Waals surface area contributed by atoms with Crippen LogP contribution < -0.4 is 0 Å². The van der Waals surface area contributed by atoms with Crippen molar-refractivity contribution in [1.29, 1.82) is 0 Å². The van der Waals surface area contributed by atoms with Gasteiger partial charge in [-0.05, 0) is 92.7 Å². The molecule has 0 bridgehead atoms. The zero-order valence-corrected chi connectivity index (χ0v) is 24.2. The summed E-state index contributed by atoms with van der Waals surface area (Å²) in [5.74, 6) is -0.385. The molecule has 1 N–H and O–H groups in total. The molecule has 1 unspecified atom stereocenters. The third kappa shape index (κ3) is 4.89. The fourth-order valence-electron chi connectivity index (χ4n) is 6.17. The number of hydrogen-bond donors (Lipinski definition) is 1. The minimum Gasteiger partial charge on any atom is -0.478 e. The number of fused-ring (bicyclic) bond motifs is 6. The number of hydrogen-bond acceptors (Lipinski definition) is 2. The molecule has 1 aromatic heterocycles. The van der Waals surface area contributed by atoms with Gasteiger partial charge in [-0.25, -0.2) is 4.79 Å². The highest BCUT2D eigenvalue weighted by atomic mass is 79.9. The van der Waals surface area contributed by atoms with Crippen molar-refractivity contribution in [1.82, 2.24) is 4.98 Å². The SMILES string of the molecule is CC1(C)Cc2c(ccc3c2ccc2ccccc23)CC1c1ccccc1Br.O=C(O)c1ccc2ncccc2c1. The van der Waals surface area contributed by atoms with E-state index in [4.69, 9.17) is 5.11 Å². The Labute approximate surface area is 242 Å². The largest absolute Gasteiger partial charge is 0.478 e. The van der Waals surface area contributed by atoms with Crippen LogP contribution in [0.3, 0.4) is 0 Å². The number of carbonyl (C=O) groups is 1. The van der Waals surface area contributed by atoms with Crippen molar-refractivity contribution >= 4 is 54.3 Å². The minimum absolute atomic E-state index is 0.219. The summed E-state index contributed by atoms with van der Waals surface area (Å²) < 4.78 is 1.23. The summed E-state index contributed by atoms with van der Waals surface area (Å²) in [7, 11) is 0. The molecule has 5 aromatic carbocycles. The van der Waals surface area contributed by atoms with Crippen LogP contribution >= 0.6 is 15.9 Å². The molecule has 1 aliphatic carbocycles. The van der Waals surface area contributed by atoms with E-state index in [2.05, 4.69) is 108 Å². The Hall–Kier alpha value is -4.02. The highest BCUT2D eigenvalue weighted by molar-refractivity contribution is 9.10. The lowest BCUT2D eigenvalue weighted by Crippen LogP contribution is -2.31. The van der Waals surface area contributed by atoms with Gasteiger partial charge in [0.05, 0.1) is 11.1 Å². The highest BCUT2D eigenvalue weighted by Crippen LogP contribution is 2.49. The number of halogens is 1. The Morgan fingerprint density at radius 1 is 0.825 bits per heavy atom. The van der Waals surface area contributed by atoms with Crippen LogP contribution in [0, 0.1) is 5.41 Å². The minimum atomic E-state index is -0.911. The molecule has 0 saturated carbocycles. The Morgan fingerprint density at radius 2 is 1.57 bits per heavy atom. The van der Waals surface area contributed by atoms with Gasteiger partial charge in [0.15, 0.2) is 0 Å². The fraction of sp³-hybridized carbons (Fsp3) is 0.167. The Balaban J connectivity index is 0.000000187. The topological polar surface area (TPSA) is 50.2 Å². The van der Waals surface area contributed by atoms with Gasteiger partial charge in [0.2, 0.25) is 0 Å². The summed E-state index contributed by atoms with van der Waals surface area (Å²) >= 11 is 3.79. The van der Waals surface area contributed by atoms with Crippen molar-refractivity contribution in [3.63, 3.8) is 0 Å². The number of rotatable bonds is 2. The van der Waals surface area contributed by atoms with Crippen molar-refractivity contribution in [3.8, 4) is 0 Å². The number of carboxylic acids is 1. The molecule has 0 aliphatic heterocycles. The molecule has 1 aliphatic rings. The maximum atomic E-state index is 10.6. The quantitative estimate of drug-likeness (QED) is 0.205. The molecule has 40 heavy (non-hydrogen) atoms. The lowest BCUT2D eigenvalue weighted by molar-refractivity contribution is 0.0697. The number of carboxylic acid groups (broad SMARTS) is 1. The fourth-order valence-corrected chi connectivity index (χ4v) is 6.73. The van der Waals surface area contributed by atoms with Crippen molar-refractivity contribution in [2.24, 2.45) is 5.41 Å². The molecule has 198 valence electrons. The van der Waals surface area contributed by atoms with Gasteiger partial charge in [0, 0.05) is 16.1 Å². The maximum absolute atomic E-state index is 10.6. The third-order valence-electron chi connectivity index (χ3n) is 8.26. The van der Waals surface area contributed by atoms with Crippen LogP contribution in [0.1, 0.15) is 46.8 Å². The Morgan fingerprint density at radius 3 is 2.40 bits per heavy atom. The van der Waals surface area contributed by atoms with Gasteiger partial charge in [-0.1, -0.05) is 103 Å². The summed E-state index contributed by atoms with van der Waals surface area (Å²) in [6.07, 6.45) is 3.90. The van der Waals surface area contributed by atoms with E-state index in [1.54, 1.807) is 36.0 Å². The van der Waals surface area contributed by atoms with Crippen molar-refractivity contribution in [2.45, 2.75) is 32.6 Å². The van der Waals surface area contributed by atoms with Gasteiger partial charge in [0.1, 0.15) is 0 Å². The van der Waals surface area contributed by atoms with Crippen LogP contribution in [0.4, 0.5) is 0 Å². The van der Waals surface area contributed by atoms with Gasteiger partial charge in [0.25, 0.3) is 0 Å². The molecular formula is C36H30BrNO2. The number of pyridine rings is 1. The second-order valence-electron chi connectivity index (χ2n) is 11.2. The number of nitrogens with zero attached hydrogens (tertiary/aromatic N) is 1. The zero-order chi connectivity index (χ0) is 27.9. The summed E-state index contributed by atoms with van der Waals surface area (Å²) in [6.45, 7) is 4.86. The molecule has 0 amide bonds. The highest BCUT2D eigenvalue weighted by Gasteiger charge is 2.37. The van der Waals surface area contributed by atoms with Gasteiger partial charge in [-0.3, -0.25) is 4.98 Å². The van der Waals surface area contributed by atoms with Crippen LogP contribution in [0.15, 0.2) is 114 Å². The lowest BCUT2D eigenvalue weighted by atomic mass is 9.63. The standard InChI is InChI=1S/C26H23Br.C10H7NO2/c1-26(2)16-23-18(15-24(26)22-9-5-6-10-25(22)27)12-14-20-19-8-4-3-7-17(19)11-13-21(20)23;12-10(13)8-3-4-9-7(6-8)2-1-5-11-9/h3-14,24H,15-16H2,1-2H3;1-6H,(H,12,13). The second-order valence-corrected chi connectivity index (χ2v) is 12.1. The molecule has 7 rings (SSSR count). The monoisotopic (exact) mass is 587 g/mol. The Kier molecular flexibility index (Phi) is 6.89. The predicted molar refractivity (Wildman–Crippen MR) is 168 cm³/mol. The molecule has 6 aromatic rings. The van der Waals surface area contributed by atoms with E-state index >= 15 is 0 Å². The molecule has 0 radical (unpaired) electrons. The number of aromatic nitrogens is 1. The van der Waals surface area contributed by atoms with Crippen molar-refractivity contribution in [3.05, 3.63) is 136 Å². The van der Waals surface area contributed by atoms with E-state index in [1.807, 2.05) is 6.07 Å². The third-order valence-corrected chi connectivity index (χ3v) is 8.99. The van der Waals surface area contributed by atoms with Gasteiger partial charge in [-0.15, -0.1) is 0 Å². The summed E-state index contributed by atoms with van der Waals surface area (Å²) in [4.78, 5) is 14.7. The first kappa shape index (κ1) is 26.2. The van der Waals surface area contributed by atoms with Crippen molar-refractivity contribution < 1.29 is 9.90 Å². The number of aromatic carboxylic acids is 1. The Bertz CT molecular complexity index is 1890. The van der Waals surface area contributed by atoms with Crippen LogP contribution in [0.2, 0.25) is 0 Å². The summed E-state index contributed by atoms with van der Waals surface area (Å²) in [5, 5.41) is 15.1.